The van der Waals surface area contributed by atoms with Gasteiger partial charge < -0.3 is 19.6 Å². The van der Waals surface area contributed by atoms with Gasteiger partial charge in [0.15, 0.2) is 0 Å². The number of aliphatic imine (C=N–C) groups is 1. The summed E-state index contributed by atoms with van der Waals surface area (Å²) in [6.45, 7) is 8.62. The Labute approximate surface area is 225 Å². The fourth-order valence-corrected chi connectivity index (χ4v) is 4.98. The summed E-state index contributed by atoms with van der Waals surface area (Å²) >= 11 is 3.62. The molecule has 11 heteroatoms. The molecule has 0 saturated heterocycles. The second-order valence-electron chi connectivity index (χ2n) is 10.4. The Kier molecular flexibility index (Phi) is 8.01. The van der Waals surface area contributed by atoms with Crippen LogP contribution >= 0.6 is 15.9 Å². The maximum absolute atomic E-state index is 13.9. The first-order valence-electron chi connectivity index (χ1n) is 12.5. The second kappa shape index (κ2) is 11.0. The highest BCUT2D eigenvalue weighted by molar-refractivity contribution is 9.10. The molecule has 3 aromatic rings. The Hall–Kier alpha value is -3.21. The van der Waals surface area contributed by atoms with E-state index in [4.69, 9.17) is 4.74 Å². The van der Waals surface area contributed by atoms with Gasteiger partial charge in [-0.1, -0.05) is 6.92 Å². The van der Waals surface area contributed by atoms with E-state index in [0.29, 0.717) is 31.9 Å². The van der Waals surface area contributed by atoms with E-state index in [9.17, 15) is 9.59 Å². The number of carbonyl (C=O) groups excluding carboxylic acids is 2. The smallest absolute Gasteiger partial charge is 0.311 e. The number of aryl methyl sites for hydroxylation is 1. The molecule has 0 fully saturated rings. The molecule has 198 valence electrons. The van der Waals surface area contributed by atoms with Crippen molar-refractivity contribution in [3.05, 3.63) is 41.2 Å². The lowest BCUT2D eigenvalue weighted by Crippen LogP contribution is -2.45. The molecule has 37 heavy (non-hydrogen) atoms. The summed E-state index contributed by atoms with van der Waals surface area (Å²) in [5.41, 5.74) is 2.84. The van der Waals surface area contributed by atoms with Crippen molar-refractivity contribution >= 4 is 50.5 Å². The van der Waals surface area contributed by atoms with Crippen LogP contribution in [-0.2, 0) is 27.8 Å². The number of anilines is 1. The third-order valence-electron chi connectivity index (χ3n) is 6.64. The van der Waals surface area contributed by atoms with Crippen LogP contribution in [0.5, 0.6) is 0 Å². The number of H-pyrrole nitrogens is 1. The van der Waals surface area contributed by atoms with Crippen molar-refractivity contribution in [2.24, 2.45) is 29.3 Å². The van der Waals surface area contributed by atoms with Crippen molar-refractivity contribution < 1.29 is 14.3 Å². The molecule has 0 radical (unpaired) electrons. The van der Waals surface area contributed by atoms with Crippen molar-refractivity contribution in [3.8, 4) is 0 Å². The van der Waals surface area contributed by atoms with Crippen LogP contribution in [0.2, 0.25) is 0 Å². The van der Waals surface area contributed by atoms with E-state index in [1.54, 1.807) is 23.8 Å². The van der Waals surface area contributed by atoms with Gasteiger partial charge in [0.2, 0.25) is 11.9 Å². The largest absolute Gasteiger partial charge is 0.465 e. The molecular weight excluding hydrogens is 538 g/mol. The Balaban J connectivity index is 1.55. The average Bonchev–Trinajstić information content (AvgIpc) is 3.60. The molecule has 2 atom stereocenters. The number of nitrogens with zero attached hydrogens (tertiary/aromatic N) is 5. The number of carbonyl (C=O) groups is 2. The Morgan fingerprint density at radius 2 is 2.08 bits per heavy atom. The zero-order valence-electron chi connectivity index (χ0n) is 21.9. The van der Waals surface area contributed by atoms with Crippen LogP contribution in [0.15, 0.2) is 40.4 Å². The van der Waals surface area contributed by atoms with Crippen LogP contribution in [0.3, 0.4) is 0 Å². The van der Waals surface area contributed by atoms with E-state index in [-0.39, 0.29) is 30.3 Å². The quantitative estimate of drug-likeness (QED) is 0.392. The zero-order chi connectivity index (χ0) is 26.7. The lowest BCUT2D eigenvalue weighted by atomic mass is 9.85. The normalized spacial score (nSPS) is 15.5. The van der Waals surface area contributed by atoms with E-state index >= 15 is 0 Å². The minimum absolute atomic E-state index is 0.0396. The van der Waals surface area contributed by atoms with Gasteiger partial charge in [0.1, 0.15) is 5.52 Å². The van der Waals surface area contributed by atoms with E-state index in [0.717, 1.165) is 26.9 Å². The summed E-state index contributed by atoms with van der Waals surface area (Å²) in [7, 11) is 1.92. The molecule has 2 N–H and O–H groups in total. The first-order valence-corrected chi connectivity index (χ1v) is 13.3. The number of hydrogen-bond acceptors (Lipinski definition) is 7. The third kappa shape index (κ3) is 5.87. The van der Waals surface area contributed by atoms with Gasteiger partial charge in [-0.25, -0.2) is 9.97 Å². The summed E-state index contributed by atoms with van der Waals surface area (Å²) < 4.78 is 8.45. The number of halogens is 1. The molecule has 2 unspecified atom stereocenters. The molecule has 0 spiro atoms. The maximum atomic E-state index is 13.9. The van der Waals surface area contributed by atoms with Gasteiger partial charge in [0, 0.05) is 37.3 Å². The number of benzene rings is 1. The number of nitrogens with one attached hydrogen (secondary N) is 2. The van der Waals surface area contributed by atoms with Gasteiger partial charge in [-0.2, -0.15) is 0 Å². The van der Waals surface area contributed by atoms with Gasteiger partial charge in [0.05, 0.1) is 46.9 Å². The molecule has 10 nitrogen and oxygen atoms in total. The first kappa shape index (κ1) is 26.8. The van der Waals surface area contributed by atoms with Crippen molar-refractivity contribution in [3.63, 3.8) is 0 Å². The Bertz CT molecular complexity index is 1310. The lowest BCUT2D eigenvalue weighted by molar-refractivity contribution is -0.156. The van der Waals surface area contributed by atoms with Crippen LogP contribution in [0.25, 0.3) is 11.0 Å². The van der Waals surface area contributed by atoms with Crippen LogP contribution in [0.4, 0.5) is 5.69 Å². The molecule has 1 aromatic carbocycles. The molecule has 1 amide bonds. The summed E-state index contributed by atoms with van der Waals surface area (Å²) in [5.74, 6) is -0.404. The number of aromatic nitrogens is 4. The molecule has 3 heterocycles. The van der Waals surface area contributed by atoms with Gasteiger partial charge in [-0.05, 0) is 61.7 Å². The predicted molar refractivity (Wildman–Crippen MR) is 146 cm³/mol. The average molecular weight is 573 g/mol. The topological polar surface area (TPSA) is 118 Å². The van der Waals surface area contributed by atoms with Crippen molar-refractivity contribution in [1.29, 1.82) is 0 Å². The van der Waals surface area contributed by atoms with E-state index < -0.39 is 5.41 Å². The van der Waals surface area contributed by atoms with Crippen molar-refractivity contribution in [2.75, 3.05) is 25.0 Å². The van der Waals surface area contributed by atoms with E-state index in [2.05, 4.69) is 41.2 Å². The van der Waals surface area contributed by atoms with Gasteiger partial charge in [0.25, 0.3) is 0 Å². The number of esters is 1. The van der Waals surface area contributed by atoms with Crippen molar-refractivity contribution in [2.45, 2.75) is 40.5 Å². The molecular formula is C26H34BrN7O3. The SMILES string of the molecule is CCC(C(=O)N1CCN=C1Nc1ccc2[nH]cnc2c1Br)C(COC(=O)C(C)(C)C)Cc1cncn1C. The molecule has 1 aliphatic rings. The van der Waals surface area contributed by atoms with Crippen molar-refractivity contribution in [1.82, 2.24) is 24.4 Å². The maximum Gasteiger partial charge on any atom is 0.311 e. The predicted octanol–water partition coefficient (Wildman–Crippen LogP) is 4.14. The number of guanidine groups is 1. The minimum Gasteiger partial charge on any atom is -0.465 e. The van der Waals surface area contributed by atoms with E-state index in [1.165, 1.54) is 0 Å². The number of rotatable bonds is 8. The highest BCUT2D eigenvalue weighted by Gasteiger charge is 2.36. The first-order chi connectivity index (χ1) is 17.6. The third-order valence-corrected chi connectivity index (χ3v) is 7.44. The number of aromatic amines is 1. The number of ether oxygens (including phenoxy) is 1. The van der Waals surface area contributed by atoms with Crippen LogP contribution < -0.4 is 5.32 Å². The second-order valence-corrected chi connectivity index (χ2v) is 11.2. The van der Waals surface area contributed by atoms with E-state index in [1.807, 2.05) is 51.4 Å². The summed E-state index contributed by atoms with van der Waals surface area (Å²) in [4.78, 5) is 44.4. The highest BCUT2D eigenvalue weighted by Crippen LogP contribution is 2.31. The number of hydrogen-bond donors (Lipinski definition) is 2. The standard InChI is InChI=1S/C26H34BrN7O3/c1-6-18(16(11-17-12-28-15-33(17)5)13-37-24(36)26(2,3)4)23(35)34-10-9-29-25(34)32-19-7-8-20-22(21(19)27)31-14-30-20/h7-8,12,14-16,18H,6,9-11,13H2,1-5H3,(H,29,32)(H,30,31). The highest BCUT2D eigenvalue weighted by atomic mass is 79.9. The zero-order valence-corrected chi connectivity index (χ0v) is 23.5. The minimum atomic E-state index is -0.621. The molecule has 4 rings (SSSR count). The van der Waals surface area contributed by atoms with Gasteiger partial charge in [-0.3, -0.25) is 19.5 Å². The fourth-order valence-electron chi connectivity index (χ4n) is 4.44. The summed E-state index contributed by atoms with van der Waals surface area (Å²) in [6.07, 6.45) is 6.33. The Morgan fingerprint density at radius 3 is 2.76 bits per heavy atom. The van der Waals surface area contributed by atoms with Crippen LogP contribution in [0, 0.1) is 17.3 Å². The summed E-state index contributed by atoms with van der Waals surface area (Å²) in [5, 5.41) is 3.32. The fraction of sp³-hybridized carbons (Fsp3) is 0.500. The number of imidazole rings is 2. The summed E-state index contributed by atoms with van der Waals surface area (Å²) in [6, 6.07) is 3.85. The molecule has 0 saturated carbocycles. The number of amides is 1. The lowest BCUT2D eigenvalue weighted by Gasteiger charge is -2.30. The van der Waals surface area contributed by atoms with Gasteiger partial charge in [-0.15, -0.1) is 0 Å². The van der Waals surface area contributed by atoms with Crippen LogP contribution in [0.1, 0.15) is 39.8 Å². The number of fused-ring (bicyclic) bond motifs is 1. The van der Waals surface area contributed by atoms with Crippen LogP contribution in [-0.4, -0.2) is 62.0 Å². The molecule has 0 bridgehead atoms. The van der Waals surface area contributed by atoms with Gasteiger partial charge >= 0.3 is 5.97 Å². The molecule has 2 aromatic heterocycles. The monoisotopic (exact) mass is 571 g/mol. The molecule has 0 aliphatic carbocycles. The Morgan fingerprint density at radius 1 is 1.30 bits per heavy atom. The molecule has 1 aliphatic heterocycles.